The molecule has 18 heavy (non-hydrogen) atoms. The normalized spacial score (nSPS) is 24.4. The summed E-state index contributed by atoms with van der Waals surface area (Å²) < 4.78 is 0. The molecule has 0 aromatic heterocycles. The lowest BCUT2D eigenvalue weighted by Gasteiger charge is -2.07. The molecule has 2 rings (SSSR count). The Hall–Kier alpha value is -1.92. The third kappa shape index (κ3) is 3.54. The summed E-state index contributed by atoms with van der Waals surface area (Å²) in [5.74, 6) is -0.0596. The minimum absolute atomic E-state index is 0.110. The molecule has 1 saturated heterocycles. The van der Waals surface area contributed by atoms with E-state index in [-0.39, 0.29) is 18.2 Å². The minimum Gasteiger partial charge on any atom is -0.353 e. The number of amides is 2. The van der Waals surface area contributed by atoms with Gasteiger partial charge < -0.3 is 10.6 Å². The van der Waals surface area contributed by atoms with E-state index in [9.17, 15) is 9.59 Å². The maximum absolute atomic E-state index is 11.6. The number of hydrogen-bond acceptors (Lipinski definition) is 4. The van der Waals surface area contributed by atoms with Crippen molar-refractivity contribution in [2.45, 2.75) is 45.2 Å². The van der Waals surface area contributed by atoms with Gasteiger partial charge in [-0.1, -0.05) is 0 Å². The van der Waals surface area contributed by atoms with E-state index >= 15 is 0 Å². The zero-order valence-electron chi connectivity index (χ0n) is 10.5. The van der Waals surface area contributed by atoms with Crippen molar-refractivity contribution in [3.63, 3.8) is 0 Å². The van der Waals surface area contributed by atoms with Crippen molar-refractivity contribution < 1.29 is 9.59 Å². The highest BCUT2D eigenvalue weighted by Crippen LogP contribution is 2.18. The fourth-order valence-corrected chi connectivity index (χ4v) is 1.52. The smallest absolute Gasteiger partial charge is 0.249 e. The molecule has 0 aromatic rings. The average Bonchev–Trinajstić information content (AvgIpc) is 3.01. The van der Waals surface area contributed by atoms with Gasteiger partial charge in [0.1, 0.15) is 6.04 Å². The first-order chi connectivity index (χ1) is 8.54. The van der Waals surface area contributed by atoms with Crippen LogP contribution in [0.2, 0.25) is 0 Å². The van der Waals surface area contributed by atoms with Crippen molar-refractivity contribution in [1.29, 1.82) is 0 Å². The lowest BCUT2D eigenvalue weighted by atomic mass is 10.2. The SMILES string of the molecule is CC(C)=N/N=C1\NC(=O)C(CC(=O)NC2CC2)N1. The summed E-state index contributed by atoms with van der Waals surface area (Å²) in [6, 6.07) is -0.252. The highest BCUT2D eigenvalue weighted by Gasteiger charge is 2.32. The van der Waals surface area contributed by atoms with Crippen molar-refractivity contribution in [2.24, 2.45) is 10.2 Å². The number of nitrogens with zero attached hydrogens (tertiary/aromatic N) is 2. The van der Waals surface area contributed by atoms with Gasteiger partial charge in [0.2, 0.25) is 17.8 Å². The molecule has 2 amide bonds. The summed E-state index contributed by atoms with van der Waals surface area (Å²) in [7, 11) is 0. The quantitative estimate of drug-likeness (QED) is 0.464. The summed E-state index contributed by atoms with van der Waals surface area (Å²) in [4.78, 5) is 23.2. The molecule has 7 nitrogen and oxygen atoms in total. The number of carbonyl (C=O) groups excluding carboxylic acids is 2. The van der Waals surface area contributed by atoms with Crippen molar-refractivity contribution in [3.05, 3.63) is 0 Å². The zero-order valence-corrected chi connectivity index (χ0v) is 10.5. The second-order valence-corrected chi connectivity index (χ2v) is 4.73. The van der Waals surface area contributed by atoms with Gasteiger partial charge in [-0.2, -0.15) is 5.10 Å². The topological polar surface area (TPSA) is 95.0 Å². The molecule has 2 fully saturated rings. The molecule has 1 aliphatic heterocycles. The van der Waals surface area contributed by atoms with E-state index in [1.54, 1.807) is 13.8 Å². The molecule has 1 atom stereocenters. The average molecular weight is 251 g/mol. The molecule has 0 spiro atoms. The van der Waals surface area contributed by atoms with Crippen LogP contribution in [-0.2, 0) is 9.59 Å². The van der Waals surface area contributed by atoms with Crippen LogP contribution in [0.15, 0.2) is 10.2 Å². The lowest BCUT2D eigenvalue weighted by molar-refractivity contribution is -0.126. The van der Waals surface area contributed by atoms with Crippen LogP contribution < -0.4 is 16.0 Å². The second kappa shape index (κ2) is 5.16. The van der Waals surface area contributed by atoms with Crippen molar-refractivity contribution in [1.82, 2.24) is 16.0 Å². The van der Waals surface area contributed by atoms with Gasteiger partial charge in [-0.25, -0.2) is 0 Å². The van der Waals surface area contributed by atoms with Gasteiger partial charge >= 0.3 is 0 Å². The number of guanidine groups is 1. The second-order valence-electron chi connectivity index (χ2n) is 4.73. The van der Waals surface area contributed by atoms with Crippen LogP contribution in [0.4, 0.5) is 0 Å². The highest BCUT2D eigenvalue weighted by atomic mass is 16.2. The Labute approximate surface area is 105 Å². The molecule has 3 N–H and O–H groups in total. The van der Waals surface area contributed by atoms with E-state index < -0.39 is 6.04 Å². The highest BCUT2D eigenvalue weighted by molar-refractivity contribution is 6.07. The van der Waals surface area contributed by atoms with Crippen LogP contribution in [0.1, 0.15) is 33.1 Å². The standard InChI is InChI=1S/C11H17N5O2/c1-6(2)15-16-11-13-8(10(18)14-11)5-9(17)12-7-3-4-7/h7-8H,3-5H2,1-2H3,(H,12,17)(H2,13,14,16,18). The zero-order chi connectivity index (χ0) is 13.1. The van der Waals surface area contributed by atoms with Gasteiger partial charge in [0.25, 0.3) is 0 Å². The van der Waals surface area contributed by atoms with Crippen molar-refractivity contribution in [2.75, 3.05) is 0 Å². The first kappa shape index (κ1) is 12.5. The minimum atomic E-state index is -0.560. The first-order valence-corrected chi connectivity index (χ1v) is 6.00. The summed E-state index contributed by atoms with van der Waals surface area (Å²) in [5, 5.41) is 15.9. The van der Waals surface area contributed by atoms with E-state index in [2.05, 4.69) is 26.2 Å². The molecule has 2 aliphatic rings. The van der Waals surface area contributed by atoms with Crippen LogP contribution in [0.5, 0.6) is 0 Å². The van der Waals surface area contributed by atoms with E-state index in [1.165, 1.54) is 0 Å². The fraction of sp³-hybridized carbons (Fsp3) is 0.636. The summed E-state index contributed by atoms with van der Waals surface area (Å²) in [6.07, 6.45) is 2.19. The van der Waals surface area contributed by atoms with Gasteiger partial charge in [0.15, 0.2) is 0 Å². The predicted octanol–water partition coefficient (Wildman–Crippen LogP) is -0.505. The van der Waals surface area contributed by atoms with Gasteiger partial charge in [-0.05, 0) is 26.7 Å². The molecule has 1 unspecified atom stereocenters. The molecule has 1 saturated carbocycles. The van der Waals surface area contributed by atoms with Gasteiger partial charge in [-0.3, -0.25) is 14.9 Å². The van der Waals surface area contributed by atoms with Crippen LogP contribution in [0, 0.1) is 0 Å². The monoisotopic (exact) mass is 251 g/mol. The van der Waals surface area contributed by atoms with Crippen molar-refractivity contribution >= 4 is 23.5 Å². The van der Waals surface area contributed by atoms with Crippen molar-refractivity contribution in [3.8, 4) is 0 Å². The van der Waals surface area contributed by atoms with E-state index in [0.29, 0.717) is 12.0 Å². The summed E-state index contributed by atoms with van der Waals surface area (Å²) in [6.45, 7) is 3.61. The maximum Gasteiger partial charge on any atom is 0.249 e. The van der Waals surface area contributed by atoms with Crippen LogP contribution >= 0.6 is 0 Å². The first-order valence-electron chi connectivity index (χ1n) is 6.00. The molecular formula is C11H17N5O2. The Morgan fingerprint density at radius 1 is 1.44 bits per heavy atom. The number of carbonyl (C=O) groups is 2. The van der Waals surface area contributed by atoms with Crippen LogP contribution in [-0.4, -0.2) is 35.6 Å². The van der Waals surface area contributed by atoms with Gasteiger partial charge in [-0.15, -0.1) is 5.10 Å². The number of rotatable bonds is 4. The van der Waals surface area contributed by atoms with Gasteiger partial charge in [0, 0.05) is 11.8 Å². The Bertz CT molecular complexity index is 421. The molecule has 7 heteroatoms. The van der Waals surface area contributed by atoms with E-state index in [4.69, 9.17) is 0 Å². The molecule has 0 radical (unpaired) electrons. The number of nitrogens with one attached hydrogen (secondary N) is 3. The van der Waals surface area contributed by atoms with Crippen LogP contribution in [0.25, 0.3) is 0 Å². The Kier molecular flexibility index (Phi) is 3.59. The molecule has 1 aliphatic carbocycles. The maximum atomic E-state index is 11.6. The molecule has 98 valence electrons. The Morgan fingerprint density at radius 2 is 2.17 bits per heavy atom. The summed E-state index contributed by atoms with van der Waals surface area (Å²) in [5.41, 5.74) is 0.786. The third-order valence-electron chi connectivity index (χ3n) is 2.55. The molecule has 1 heterocycles. The molecular weight excluding hydrogens is 234 g/mol. The fourth-order valence-electron chi connectivity index (χ4n) is 1.52. The summed E-state index contributed by atoms with van der Waals surface area (Å²) >= 11 is 0. The third-order valence-corrected chi connectivity index (χ3v) is 2.55. The van der Waals surface area contributed by atoms with Gasteiger partial charge in [0.05, 0.1) is 6.42 Å². The van der Waals surface area contributed by atoms with E-state index in [1.807, 2.05) is 0 Å². The number of hydrogen-bond donors (Lipinski definition) is 3. The largest absolute Gasteiger partial charge is 0.353 e. The Balaban J connectivity index is 1.86. The molecule has 0 aromatic carbocycles. The molecule has 0 bridgehead atoms. The van der Waals surface area contributed by atoms with E-state index in [0.717, 1.165) is 18.6 Å². The Morgan fingerprint density at radius 3 is 2.78 bits per heavy atom. The van der Waals surface area contributed by atoms with Crippen LogP contribution in [0.3, 0.4) is 0 Å². The predicted molar refractivity (Wildman–Crippen MR) is 67.1 cm³/mol. The lowest BCUT2D eigenvalue weighted by Crippen LogP contribution is -2.37.